The Balaban J connectivity index is 2.97. The zero-order chi connectivity index (χ0) is 5.70. The van der Waals surface area contributed by atoms with Gasteiger partial charge in [0, 0.05) is 6.92 Å². The van der Waals surface area contributed by atoms with Gasteiger partial charge in [-0.2, -0.15) is 0 Å². The zero-order valence-electron chi connectivity index (χ0n) is 3.97. The summed E-state index contributed by atoms with van der Waals surface area (Å²) in [4.78, 5) is 19.1. The smallest absolute Gasteiger partial charge is 0.218 e. The first-order valence-electron chi connectivity index (χ1n) is 1.81. The minimum atomic E-state index is -0.236. The third kappa shape index (κ3) is 5.07. The highest BCUT2D eigenvalue weighted by molar-refractivity contribution is 5.72. The average Bonchev–Trinajstić information content (AvgIpc) is 1.61. The first-order valence-corrected chi connectivity index (χ1v) is 1.81. The molecule has 0 aliphatic rings. The van der Waals surface area contributed by atoms with Crippen molar-refractivity contribution in [2.24, 2.45) is 5.18 Å². The second kappa shape index (κ2) is 3.27. The number of carbonyl (C=O) groups excluding carboxylic acids is 1. The van der Waals surface area contributed by atoms with Crippen molar-refractivity contribution >= 4 is 5.91 Å². The van der Waals surface area contributed by atoms with Crippen LogP contribution >= 0.6 is 0 Å². The monoisotopic (exact) mass is 102 g/mol. The first-order chi connectivity index (χ1) is 3.27. The van der Waals surface area contributed by atoms with Gasteiger partial charge >= 0.3 is 0 Å². The lowest BCUT2D eigenvalue weighted by molar-refractivity contribution is -0.118. The number of hydrogen-bond donors (Lipinski definition) is 1. The van der Waals surface area contributed by atoms with E-state index in [1.165, 1.54) is 6.92 Å². The molecule has 4 heteroatoms. The van der Waals surface area contributed by atoms with Crippen LogP contribution in [0.5, 0.6) is 0 Å². The van der Waals surface area contributed by atoms with Crippen molar-refractivity contribution in [3.8, 4) is 0 Å². The summed E-state index contributed by atoms with van der Waals surface area (Å²) in [6, 6.07) is 0. The fourth-order valence-electron chi connectivity index (χ4n) is 0.144. The summed E-state index contributed by atoms with van der Waals surface area (Å²) in [5, 5.41) is 4.57. The van der Waals surface area contributed by atoms with Crippen molar-refractivity contribution < 1.29 is 4.79 Å². The number of amides is 1. The normalized spacial score (nSPS) is 7.57. The summed E-state index contributed by atoms with van der Waals surface area (Å²) >= 11 is 0. The van der Waals surface area contributed by atoms with Crippen LogP contribution in [0, 0.1) is 4.91 Å². The molecule has 0 saturated heterocycles. The predicted octanol–water partition coefficient (Wildman–Crippen LogP) is -0.154. The van der Waals surface area contributed by atoms with Crippen molar-refractivity contribution in [1.82, 2.24) is 5.32 Å². The van der Waals surface area contributed by atoms with Gasteiger partial charge in [0.2, 0.25) is 5.91 Å². The highest BCUT2D eigenvalue weighted by atomic mass is 16.3. The second-order valence-electron chi connectivity index (χ2n) is 1.02. The molecule has 0 atom stereocenters. The molecule has 0 fully saturated rings. The Morgan fingerprint density at radius 2 is 2.43 bits per heavy atom. The molecular formula is C3H6N2O2. The van der Waals surface area contributed by atoms with E-state index in [1.807, 2.05) is 0 Å². The van der Waals surface area contributed by atoms with Crippen molar-refractivity contribution in [2.75, 3.05) is 6.67 Å². The minimum Gasteiger partial charge on any atom is -0.334 e. The molecule has 0 rings (SSSR count). The molecule has 0 bridgehead atoms. The van der Waals surface area contributed by atoms with Gasteiger partial charge in [-0.1, -0.05) is 0 Å². The Morgan fingerprint density at radius 1 is 1.86 bits per heavy atom. The molecule has 7 heavy (non-hydrogen) atoms. The number of carbonyl (C=O) groups is 1. The van der Waals surface area contributed by atoms with Crippen molar-refractivity contribution in [3.05, 3.63) is 4.91 Å². The van der Waals surface area contributed by atoms with Gasteiger partial charge in [-0.05, 0) is 5.18 Å². The number of rotatable bonds is 2. The van der Waals surface area contributed by atoms with Gasteiger partial charge < -0.3 is 5.32 Å². The summed E-state index contributed by atoms with van der Waals surface area (Å²) in [5.74, 6) is -0.236. The summed E-state index contributed by atoms with van der Waals surface area (Å²) in [7, 11) is 0. The fourth-order valence-corrected chi connectivity index (χ4v) is 0.144. The molecule has 0 aromatic carbocycles. The molecule has 0 aliphatic carbocycles. The van der Waals surface area contributed by atoms with E-state index in [1.54, 1.807) is 0 Å². The second-order valence-corrected chi connectivity index (χ2v) is 1.02. The number of nitroso groups, excluding NO2 is 1. The molecule has 4 nitrogen and oxygen atoms in total. The van der Waals surface area contributed by atoms with Crippen LogP contribution in [0.2, 0.25) is 0 Å². The average molecular weight is 102 g/mol. The van der Waals surface area contributed by atoms with Gasteiger partial charge in [0.05, 0.1) is 0 Å². The van der Waals surface area contributed by atoms with Crippen molar-refractivity contribution in [3.63, 3.8) is 0 Å². The quantitative estimate of drug-likeness (QED) is 0.493. The molecule has 0 aliphatic heterocycles. The Bertz CT molecular complexity index is 81.0. The number of hydrogen-bond acceptors (Lipinski definition) is 3. The molecule has 0 spiro atoms. The lowest BCUT2D eigenvalue weighted by atomic mass is 10.7. The highest BCUT2D eigenvalue weighted by Gasteiger charge is 1.83. The van der Waals surface area contributed by atoms with E-state index >= 15 is 0 Å². The van der Waals surface area contributed by atoms with Crippen LogP contribution in [0.15, 0.2) is 5.18 Å². The first kappa shape index (κ1) is 6.07. The van der Waals surface area contributed by atoms with Crippen LogP contribution in [0.1, 0.15) is 6.92 Å². The van der Waals surface area contributed by atoms with Crippen LogP contribution in [0.3, 0.4) is 0 Å². The maximum atomic E-state index is 9.89. The Labute approximate surface area is 40.9 Å². The molecule has 0 radical (unpaired) electrons. The maximum absolute atomic E-state index is 9.89. The lowest BCUT2D eigenvalue weighted by Crippen LogP contribution is -2.18. The third-order valence-corrected chi connectivity index (χ3v) is 0.393. The van der Waals surface area contributed by atoms with Crippen LogP contribution in [-0.4, -0.2) is 12.6 Å². The van der Waals surface area contributed by atoms with E-state index in [4.69, 9.17) is 0 Å². The van der Waals surface area contributed by atoms with Gasteiger partial charge in [-0.3, -0.25) is 4.79 Å². The molecule has 0 aromatic heterocycles. The molecular weight excluding hydrogens is 96.0 g/mol. The van der Waals surface area contributed by atoms with E-state index < -0.39 is 0 Å². The van der Waals surface area contributed by atoms with E-state index in [2.05, 4.69) is 10.5 Å². The van der Waals surface area contributed by atoms with Gasteiger partial charge in [-0.15, -0.1) is 4.91 Å². The molecule has 0 unspecified atom stereocenters. The van der Waals surface area contributed by atoms with E-state index in [0.717, 1.165) is 0 Å². The molecule has 0 saturated carbocycles. The van der Waals surface area contributed by atoms with Crippen LogP contribution in [0.25, 0.3) is 0 Å². The molecule has 1 amide bonds. The highest BCUT2D eigenvalue weighted by Crippen LogP contribution is 1.59. The van der Waals surface area contributed by atoms with Crippen LogP contribution in [-0.2, 0) is 4.79 Å². The van der Waals surface area contributed by atoms with Crippen LogP contribution < -0.4 is 5.32 Å². The van der Waals surface area contributed by atoms with E-state index in [0.29, 0.717) is 0 Å². The van der Waals surface area contributed by atoms with E-state index in [-0.39, 0.29) is 12.6 Å². The molecule has 40 valence electrons. The fraction of sp³-hybridized carbons (Fsp3) is 0.667. The van der Waals surface area contributed by atoms with Crippen molar-refractivity contribution in [1.29, 1.82) is 0 Å². The Kier molecular flexibility index (Phi) is 2.83. The van der Waals surface area contributed by atoms with Gasteiger partial charge in [0.15, 0.2) is 6.67 Å². The van der Waals surface area contributed by atoms with Gasteiger partial charge in [0.1, 0.15) is 0 Å². The zero-order valence-corrected chi connectivity index (χ0v) is 3.97. The standard InChI is InChI=1S/C3H6N2O2/c1-3(6)4-2-5-7/h2H2,1H3,(H,4,6). The lowest BCUT2D eigenvalue weighted by Gasteiger charge is -1.87. The SMILES string of the molecule is CC(=O)NCN=O. The predicted molar refractivity (Wildman–Crippen MR) is 24.5 cm³/mol. The molecule has 0 heterocycles. The van der Waals surface area contributed by atoms with Gasteiger partial charge in [-0.25, -0.2) is 0 Å². The van der Waals surface area contributed by atoms with Gasteiger partial charge in [0.25, 0.3) is 0 Å². The minimum absolute atomic E-state index is 0.130. The summed E-state index contributed by atoms with van der Waals surface area (Å²) in [6.07, 6.45) is 0. The number of nitrogens with zero attached hydrogens (tertiary/aromatic N) is 1. The summed E-state index contributed by atoms with van der Waals surface area (Å²) < 4.78 is 0. The molecule has 0 aromatic rings. The summed E-state index contributed by atoms with van der Waals surface area (Å²) in [5.41, 5.74) is 0. The third-order valence-electron chi connectivity index (χ3n) is 0.393. The van der Waals surface area contributed by atoms with E-state index in [9.17, 15) is 9.70 Å². The van der Waals surface area contributed by atoms with Crippen LogP contribution in [0.4, 0.5) is 0 Å². The molecule has 1 N–H and O–H groups in total. The number of nitrogens with one attached hydrogen (secondary N) is 1. The van der Waals surface area contributed by atoms with Crippen molar-refractivity contribution in [2.45, 2.75) is 6.92 Å². The topological polar surface area (TPSA) is 58.5 Å². The Hall–Kier alpha value is -0.930. The largest absolute Gasteiger partial charge is 0.334 e. The summed E-state index contributed by atoms with van der Waals surface area (Å²) in [6.45, 7) is 1.19. The Morgan fingerprint density at radius 3 is 2.57 bits per heavy atom. The maximum Gasteiger partial charge on any atom is 0.218 e.